The van der Waals surface area contributed by atoms with Crippen molar-refractivity contribution in [2.75, 3.05) is 5.32 Å². The third kappa shape index (κ3) is 5.96. The number of anilines is 1. The molecule has 0 aliphatic rings. The molecule has 158 valence electrons. The zero-order valence-corrected chi connectivity index (χ0v) is 17.7. The fourth-order valence-corrected chi connectivity index (χ4v) is 4.49. The molecule has 2 heterocycles. The fraction of sp³-hybridized carbons (Fsp3) is 0.250. The van der Waals surface area contributed by atoms with Crippen molar-refractivity contribution in [3.8, 4) is 0 Å². The van der Waals surface area contributed by atoms with Gasteiger partial charge < -0.3 is 4.42 Å². The summed E-state index contributed by atoms with van der Waals surface area (Å²) in [5.74, 6) is 0.966. The van der Waals surface area contributed by atoms with E-state index < -0.39 is 17.6 Å². The average Bonchev–Trinajstić information content (AvgIpc) is 3.35. The lowest BCUT2D eigenvalue weighted by atomic mass is 10.1. The van der Waals surface area contributed by atoms with E-state index in [1.807, 2.05) is 13.8 Å². The molecular weight excluding hydrogens is 435 g/mol. The summed E-state index contributed by atoms with van der Waals surface area (Å²) in [5.41, 5.74) is -0.487. The second kappa shape index (κ2) is 9.48. The summed E-state index contributed by atoms with van der Waals surface area (Å²) >= 11 is 2.80. The number of aromatic nitrogens is 2. The number of amides is 1. The first kappa shape index (κ1) is 22.1. The van der Waals surface area contributed by atoms with Gasteiger partial charge in [0.1, 0.15) is 5.76 Å². The minimum absolute atomic E-state index is 0.0184. The van der Waals surface area contributed by atoms with Crippen molar-refractivity contribution in [3.63, 3.8) is 0 Å². The zero-order valence-electron chi connectivity index (χ0n) is 16.1. The van der Waals surface area contributed by atoms with Crippen molar-refractivity contribution in [3.05, 3.63) is 65.5 Å². The van der Waals surface area contributed by atoms with Crippen LogP contribution in [0.15, 0.2) is 51.4 Å². The number of aryl methyl sites for hydroxylation is 1. The van der Waals surface area contributed by atoms with Gasteiger partial charge in [-0.2, -0.15) is 13.2 Å². The second-order valence-corrected chi connectivity index (χ2v) is 8.88. The van der Waals surface area contributed by atoms with Gasteiger partial charge in [0.25, 0.3) is 0 Å². The Morgan fingerprint density at radius 3 is 2.83 bits per heavy atom. The highest BCUT2D eigenvalue weighted by Crippen LogP contribution is 2.38. The molecule has 3 rings (SSSR count). The van der Waals surface area contributed by atoms with E-state index in [-0.39, 0.29) is 10.8 Å². The van der Waals surface area contributed by atoms with E-state index in [9.17, 15) is 18.0 Å². The van der Waals surface area contributed by atoms with Crippen LogP contribution in [-0.4, -0.2) is 15.9 Å². The molecule has 2 aromatic heterocycles. The van der Waals surface area contributed by atoms with Crippen LogP contribution in [0.5, 0.6) is 0 Å². The predicted molar refractivity (Wildman–Crippen MR) is 111 cm³/mol. The van der Waals surface area contributed by atoms with Gasteiger partial charge in [-0.15, -0.1) is 11.8 Å². The number of oxazole rings is 1. The van der Waals surface area contributed by atoms with Crippen molar-refractivity contribution in [2.45, 2.75) is 35.9 Å². The average molecular weight is 454 g/mol. The van der Waals surface area contributed by atoms with Crippen LogP contribution in [0, 0.1) is 0 Å². The monoisotopic (exact) mass is 453 g/mol. The number of hydrogen-bond donors (Lipinski definition) is 1. The van der Waals surface area contributed by atoms with Crippen LogP contribution < -0.4 is 5.32 Å². The molecular formula is C20H18F3N3O2S2. The summed E-state index contributed by atoms with van der Waals surface area (Å²) in [6.45, 7) is 3.95. The SMILES string of the molecule is CCc1cnc(C(C)Sc2cnc(NC(=O)/C=C/c3cccc(C(F)(F)F)c3)s2)o1. The Kier molecular flexibility index (Phi) is 6.99. The van der Waals surface area contributed by atoms with E-state index in [0.717, 1.165) is 28.5 Å². The first-order valence-corrected chi connectivity index (χ1v) is 10.7. The third-order valence-corrected chi connectivity index (χ3v) is 6.06. The molecule has 1 atom stereocenters. The van der Waals surface area contributed by atoms with Crippen molar-refractivity contribution >= 4 is 40.2 Å². The van der Waals surface area contributed by atoms with Gasteiger partial charge in [-0.3, -0.25) is 10.1 Å². The summed E-state index contributed by atoms with van der Waals surface area (Å²) in [7, 11) is 0. The summed E-state index contributed by atoms with van der Waals surface area (Å²) < 4.78 is 44.8. The number of thiazole rings is 1. The highest BCUT2D eigenvalue weighted by molar-refractivity contribution is 8.01. The van der Waals surface area contributed by atoms with E-state index in [0.29, 0.717) is 11.0 Å². The normalized spacial score (nSPS) is 13.0. The van der Waals surface area contributed by atoms with Gasteiger partial charge in [0.15, 0.2) is 5.13 Å². The Balaban J connectivity index is 1.57. The molecule has 0 aliphatic carbocycles. The number of rotatable bonds is 7. The van der Waals surface area contributed by atoms with Crippen molar-refractivity contribution < 1.29 is 22.4 Å². The molecule has 0 aliphatic heterocycles. The van der Waals surface area contributed by atoms with E-state index in [1.165, 1.54) is 47.4 Å². The van der Waals surface area contributed by atoms with Crippen molar-refractivity contribution in [1.29, 1.82) is 0 Å². The molecule has 1 N–H and O–H groups in total. The zero-order chi connectivity index (χ0) is 21.7. The van der Waals surface area contributed by atoms with Crippen LogP contribution in [0.25, 0.3) is 6.08 Å². The number of benzene rings is 1. The number of carbonyl (C=O) groups is 1. The Morgan fingerprint density at radius 1 is 1.33 bits per heavy atom. The molecule has 0 spiro atoms. The topological polar surface area (TPSA) is 68.0 Å². The van der Waals surface area contributed by atoms with Gasteiger partial charge in [0, 0.05) is 12.5 Å². The van der Waals surface area contributed by atoms with Gasteiger partial charge >= 0.3 is 6.18 Å². The predicted octanol–water partition coefficient (Wildman–Crippen LogP) is 6.22. The minimum atomic E-state index is -4.43. The molecule has 0 saturated carbocycles. The maximum atomic E-state index is 12.8. The molecule has 1 aromatic carbocycles. The van der Waals surface area contributed by atoms with Crippen molar-refractivity contribution in [1.82, 2.24) is 9.97 Å². The number of carbonyl (C=O) groups excluding carboxylic acids is 1. The molecule has 1 amide bonds. The molecule has 0 radical (unpaired) electrons. The highest BCUT2D eigenvalue weighted by atomic mass is 32.2. The Morgan fingerprint density at radius 2 is 2.13 bits per heavy atom. The van der Waals surface area contributed by atoms with Gasteiger partial charge in [-0.25, -0.2) is 9.97 Å². The Bertz CT molecular complexity index is 1040. The Labute approximate surface area is 179 Å². The second-order valence-electron chi connectivity index (χ2n) is 6.21. The highest BCUT2D eigenvalue weighted by Gasteiger charge is 2.30. The minimum Gasteiger partial charge on any atom is -0.445 e. The van der Waals surface area contributed by atoms with Gasteiger partial charge in [0.05, 0.1) is 27.4 Å². The lowest BCUT2D eigenvalue weighted by Crippen LogP contribution is -2.07. The molecule has 10 heteroatoms. The summed E-state index contributed by atoms with van der Waals surface area (Å²) in [6.07, 6.45) is 2.19. The Hall–Kier alpha value is -2.59. The molecule has 0 fully saturated rings. The van der Waals surface area contributed by atoms with Crippen LogP contribution in [-0.2, 0) is 17.4 Å². The van der Waals surface area contributed by atoms with Crippen LogP contribution in [0.4, 0.5) is 18.3 Å². The largest absolute Gasteiger partial charge is 0.445 e. The number of hydrogen-bond acceptors (Lipinski definition) is 6. The van der Waals surface area contributed by atoms with E-state index in [2.05, 4.69) is 15.3 Å². The molecule has 0 bridgehead atoms. The summed E-state index contributed by atoms with van der Waals surface area (Å²) in [5, 5.41) is 2.99. The third-order valence-electron chi connectivity index (χ3n) is 3.92. The summed E-state index contributed by atoms with van der Waals surface area (Å²) in [6, 6.07) is 4.75. The summed E-state index contributed by atoms with van der Waals surface area (Å²) in [4.78, 5) is 20.5. The number of nitrogens with zero attached hydrogens (tertiary/aromatic N) is 2. The quantitative estimate of drug-likeness (QED) is 0.340. The number of halogens is 3. The van der Waals surface area contributed by atoms with Gasteiger partial charge in [-0.1, -0.05) is 30.4 Å². The van der Waals surface area contributed by atoms with Crippen LogP contribution in [0.3, 0.4) is 0 Å². The van der Waals surface area contributed by atoms with E-state index in [4.69, 9.17) is 4.42 Å². The molecule has 1 unspecified atom stereocenters. The molecule has 3 aromatic rings. The van der Waals surface area contributed by atoms with Gasteiger partial charge in [-0.05, 0) is 30.7 Å². The maximum Gasteiger partial charge on any atom is 0.416 e. The van der Waals surface area contributed by atoms with Crippen LogP contribution in [0.1, 0.15) is 41.9 Å². The standard InChI is InChI=1S/C20H18F3N3O2S2/c1-3-15-10-24-18(28-15)12(2)29-17-11-25-19(30-17)26-16(27)8-7-13-5-4-6-14(9-13)20(21,22)23/h4-12H,3H2,1-2H3,(H,25,26,27)/b8-7+. The molecule has 5 nitrogen and oxygen atoms in total. The fourth-order valence-electron chi connectivity index (χ4n) is 2.41. The lowest BCUT2D eigenvalue weighted by Gasteiger charge is -2.06. The lowest BCUT2D eigenvalue weighted by molar-refractivity contribution is -0.137. The molecule has 0 saturated heterocycles. The first-order chi connectivity index (χ1) is 14.2. The smallest absolute Gasteiger partial charge is 0.416 e. The van der Waals surface area contributed by atoms with Crippen LogP contribution >= 0.6 is 23.1 Å². The van der Waals surface area contributed by atoms with E-state index >= 15 is 0 Å². The van der Waals surface area contributed by atoms with E-state index in [1.54, 1.807) is 12.4 Å². The van der Waals surface area contributed by atoms with Crippen molar-refractivity contribution in [2.24, 2.45) is 0 Å². The number of nitrogens with one attached hydrogen (secondary N) is 1. The number of thioether (sulfide) groups is 1. The maximum absolute atomic E-state index is 12.8. The van der Waals surface area contributed by atoms with Crippen LogP contribution in [0.2, 0.25) is 0 Å². The number of alkyl halides is 3. The molecule has 30 heavy (non-hydrogen) atoms. The van der Waals surface area contributed by atoms with Gasteiger partial charge in [0.2, 0.25) is 11.8 Å². The first-order valence-electron chi connectivity index (χ1n) is 8.98.